The van der Waals surface area contributed by atoms with E-state index in [1.54, 1.807) is 18.4 Å². The Balaban J connectivity index is 1.83. The summed E-state index contributed by atoms with van der Waals surface area (Å²) in [6.45, 7) is 1.05. The molecular formula is C14H19NO5. The van der Waals surface area contributed by atoms with Crippen LogP contribution in [0.5, 0.6) is 0 Å². The fourth-order valence-electron chi connectivity index (χ4n) is 2.35. The second-order valence-corrected chi connectivity index (χ2v) is 4.94. The van der Waals surface area contributed by atoms with Gasteiger partial charge in [-0.1, -0.05) is 0 Å². The Hall–Kier alpha value is -1.82. The number of ether oxygens (including phenoxy) is 1. The number of nitrogens with one attached hydrogen (secondary N) is 1. The van der Waals surface area contributed by atoms with Gasteiger partial charge in [0.05, 0.1) is 12.9 Å². The van der Waals surface area contributed by atoms with Crippen molar-refractivity contribution in [1.29, 1.82) is 0 Å². The second kappa shape index (κ2) is 7.09. The van der Waals surface area contributed by atoms with E-state index >= 15 is 0 Å². The number of amides is 1. The van der Waals surface area contributed by atoms with Crippen LogP contribution >= 0.6 is 0 Å². The van der Waals surface area contributed by atoms with Crippen LogP contribution in [0.4, 0.5) is 0 Å². The zero-order valence-electron chi connectivity index (χ0n) is 11.2. The first-order valence-electron chi connectivity index (χ1n) is 6.79. The summed E-state index contributed by atoms with van der Waals surface area (Å²) in [7, 11) is 0. The lowest BCUT2D eigenvalue weighted by atomic mass is 9.93. The third-order valence-electron chi connectivity index (χ3n) is 3.43. The van der Waals surface area contributed by atoms with Crippen molar-refractivity contribution >= 4 is 11.9 Å². The van der Waals surface area contributed by atoms with E-state index in [2.05, 4.69) is 5.32 Å². The summed E-state index contributed by atoms with van der Waals surface area (Å²) in [5.41, 5.74) is 0. The Kier molecular flexibility index (Phi) is 5.17. The molecule has 0 saturated carbocycles. The summed E-state index contributed by atoms with van der Waals surface area (Å²) < 4.78 is 10.4. The van der Waals surface area contributed by atoms with Gasteiger partial charge in [0.2, 0.25) is 5.91 Å². The van der Waals surface area contributed by atoms with Crippen LogP contribution in [-0.4, -0.2) is 36.2 Å². The molecule has 2 rings (SSSR count). The number of aryl methyl sites for hydroxylation is 1. The highest BCUT2D eigenvalue weighted by atomic mass is 16.5. The second-order valence-electron chi connectivity index (χ2n) is 4.94. The van der Waals surface area contributed by atoms with Gasteiger partial charge in [-0.05, 0) is 25.0 Å². The van der Waals surface area contributed by atoms with Gasteiger partial charge in [0.15, 0.2) is 0 Å². The van der Waals surface area contributed by atoms with E-state index in [-0.39, 0.29) is 18.2 Å². The van der Waals surface area contributed by atoms with Crippen molar-refractivity contribution in [3.05, 3.63) is 24.2 Å². The van der Waals surface area contributed by atoms with E-state index in [4.69, 9.17) is 9.15 Å². The molecule has 1 amide bonds. The minimum absolute atomic E-state index is 0.159. The van der Waals surface area contributed by atoms with Crippen LogP contribution in [0.1, 0.15) is 25.0 Å². The average molecular weight is 281 g/mol. The summed E-state index contributed by atoms with van der Waals surface area (Å²) >= 11 is 0. The Morgan fingerprint density at radius 2 is 2.35 bits per heavy atom. The molecule has 0 aromatic carbocycles. The lowest BCUT2D eigenvalue weighted by Crippen LogP contribution is -2.48. The van der Waals surface area contributed by atoms with Gasteiger partial charge in [0.1, 0.15) is 11.8 Å². The summed E-state index contributed by atoms with van der Waals surface area (Å²) in [4.78, 5) is 23.1. The standard InChI is InChI=1S/C14H19NO5/c16-12(6-5-11-4-2-8-20-11)15-13(14(17)18)10-3-1-7-19-9-10/h2,4,8,10,13H,1,3,5-7,9H2,(H,15,16)(H,17,18). The highest BCUT2D eigenvalue weighted by Crippen LogP contribution is 2.18. The number of carbonyl (C=O) groups excluding carboxylic acids is 1. The van der Waals surface area contributed by atoms with Crippen molar-refractivity contribution in [2.24, 2.45) is 5.92 Å². The smallest absolute Gasteiger partial charge is 0.326 e. The molecule has 20 heavy (non-hydrogen) atoms. The number of furan rings is 1. The monoisotopic (exact) mass is 281 g/mol. The molecule has 2 heterocycles. The molecule has 6 heteroatoms. The van der Waals surface area contributed by atoms with E-state index in [1.165, 1.54) is 0 Å². The molecule has 1 aromatic rings. The van der Waals surface area contributed by atoms with Crippen LogP contribution in [0.3, 0.4) is 0 Å². The first-order chi connectivity index (χ1) is 9.66. The maximum absolute atomic E-state index is 11.8. The number of hydrogen-bond acceptors (Lipinski definition) is 4. The molecular weight excluding hydrogens is 262 g/mol. The molecule has 0 radical (unpaired) electrons. The van der Waals surface area contributed by atoms with E-state index < -0.39 is 12.0 Å². The molecule has 1 saturated heterocycles. The molecule has 1 fully saturated rings. The number of carboxylic acid groups (broad SMARTS) is 1. The molecule has 0 spiro atoms. The predicted molar refractivity (Wildman–Crippen MR) is 70.1 cm³/mol. The van der Waals surface area contributed by atoms with Gasteiger partial charge in [-0.15, -0.1) is 0 Å². The highest BCUT2D eigenvalue weighted by Gasteiger charge is 2.31. The zero-order valence-corrected chi connectivity index (χ0v) is 11.2. The Morgan fingerprint density at radius 3 is 2.95 bits per heavy atom. The van der Waals surface area contributed by atoms with Gasteiger partial charge in [0.25, 0.3) is 0 Å². The van der Waals surface area contributed by atoms with Gasteiger partial charge < -0.3 is 19.6 Å². The Bertz CT molecular complexity index is 436. The topological polar surface area (TPSA) is 88.8 Å². The van der Waals surface area contributed by atoms with Crippen LogP contribution < -0.4 is 5.32 Å². The summed E-state index contributed by atoms with van der Waals surface area (Å²) in [6, 6.07) is 2.67. The van der Waals surface area contributed by atoms with E-state index in [0.717, 1.165) is 12.8 Å². The average Bonchev–Trinajstić information content (AvgIpc) is 2.96. The molecule has 2 atom stereocenters. The number of rotatable bonds is 6. The van der Waals surface area contributed by atoms with Gasteiger partial charge >= 0.3 is 5.97 Å². The summed E-state index contributed by atoms with van der Waals surface area (Å²) in [5, 5.41) is 11.8. The van der Waals surface area contributed by atoms with Crippen molar-refractivity contribution in [3.63, 3.8) is 0 Å². The third-order valence-corrected chi connectivity index (χ3v) is 3.43. The Labute approximate surface area is 117 Å². The molecule has 1 aliphatic rings. The van der Waals surface area contributed by atoms with Gasteiger partial charge in [-0.25, -0.2) is 4.79 Å². The van der Waals surface area contributed by atoms with Crippen molar-refractivity contribution < 1.29 is 23.8 Å². The molecule has 0 aliphatic carbocycles. The maximum atomic E-state index is 11.8. The Morgan fingerprint density at radius 1 is 1.50 bits per heavy atom. The van der Waals surface area contributed by atoms with Crippen molar-refractivity contribution in [2.45, 2.75) is 31.7 Å². The van der Waals surface area contributed by atoms with E-state index in [0.29, 0.717) is 25.4 Å². The predicted octanol–water partition coefficient (Wildman–Crippen LogP) is 1.21. The molecule has 2 N–H and O–H groups in total. The van der Waals surface area contributed by atoms with Crippen LogP contribution in [0.25, 0.3) is 0 Å². The SMILES string of the molecule is O=C(CCc1ccco1)NC(C(=O)O)C1CCCOC1. The minimum atomic E-state index is -1.01. The van der Waals surface area contributed by atoms with E-state index in [9.17, 15) is 14.7 Å². The maximum Gasteiger partial charge on any atom is 0.326 e. The first-order valence-corrected chi connectivity index (χ1v) is 6.79. The molecule has 0 bridgehead atoms. The fourth-order valence-corrected chi connectivity index (χ4v) is 2.35. The van der Waals surface area contributed by atoms with Crippen LogP contribution in [0.2, 0.25) is 0 Å². The minimum Gasteiger partial charge on any atom is -0.480 e. The first kappa shape index (κ1) is 14.6. The van der Waals surface area contributed by atoms with Crippen LogP contribution in [-0.2, 0) is 20.7 Å². The molecule has 110 valence electrons. The molecule has 1 aliphatic heterocycles. The van der Waals surface area contributed by atoms with Crippen molar-refractivity contribution in [3.8, 4) is 0 Å². The van der Waals surface area contributed by atoms with Gasteiger partial charge in [-0.2, -0.15) is 0 Å². The number of aliphatic carboxylic acids is 1. The highest BCUT2D eigenvalue weighted by molar-refractivity contribution is 5.83. The number of carboxylic acids is 1. The van der Waals surface area contributed by atoms with Crippen molar-refractivity contribution in [2.75, 3.05) is 13.2 Å². The number of carbonyl (C=O) groups is 2. The van der Waals surface area contributed by atoms with Gasteiger partial charge in [-0.3, -0.25) is 4.79 Å². The van der Waals surface area contributed by atoms with Gasteiger partial charge in [0, 0.05) is 25.4 Å². The quantitative estimate of drug-likeness (QED) is 0.818. The van der Waals surface area contributed by atoms with E-state index in [1.807, 2.05) is 0 Å². The normalized spacial score (nSPS) is 20.3. The lowest BCUT2D eigenvalue weighted by Gasteiger charge is -2.28. The summed E-state index contributed by atoms with van der Waals surface area (Å²) in [5.74, 6) is -0.729. The van der Waals surface area contributed by atoms with Crippen LogP contribution in [0, 0.1) is 5.92 Å². The molecule has 6 nitrogen and oxygen atoms in total. The third kappa shape index (κ3) is 4.09. The van der Waals surface area contributed by atoms with Crippen LogP contribution in [0.15, 0.2) is 22.8 Å². The lowest BCUT2D eigenvalue weighted by molar-refractivity contribution is -0.145. The van der Waals surface area contributed by atoms with Crippen molar-refractivity contribution in [1.82, 2.24) is 5.32 Å². The largest absolute Gasteiger partial charge is 0.480 e. The molecule has 2 unspecified atom stereocenters. The molecule has 1 aromatic heterocycles. The zero-order chi connectivity index (χ0) is 14.4. The fraction of sp³-hybridized carbons (Fsp3) is 0.571. The number of hydrogen-bond donors (Lipinski definition) is 2. The summed E-state index contributed by atoms with van der Waals surface area (Å²) in [6.07, 6.45) is 3.82.